The molecule has 0 fully saturated rings. The highest BCUT2D eigenvalue weighted by molar-refractivity contribution is 5.51. The van der Waals surface area contributed by atoms with Crippen molar-refractivity contribution in [2.75, 3.05) is 7.11 Å². The highest BCUT2D eigenvalue weighted by Gasteiger charge is 2.04. The van der Waals surface area contributed by atoms with Gasteiger partial charge in [-0.2, -0.15) is 0 Å². The Kier molecular flexibility index (Phi) is 2.18. The highest BCUT2D eigenvalue weighted by atomic mass is 16.5. The summed E-state index contributed by atoms with van der Waals surface area (Å²) >= 11 is 0. The van der Waals surface area contributed by atoms with Gasteiger partial charge in [-0.3, -0.25) is 0 Å². The summed E-state index contributed by atoms with van der Waals surface area (Å²) in [5, 5.41) is 0. The molecule has 0 saturated carbocycles. The molecule has 0 unspecified atom stereocenters. The molecule has 72 valence electrons. The van der Waals surface area contributed by atoms with Crippen LogP contribution in [0.4, 0.5) is 0 Å². The molecule has 0 spiro atoms. The Balaban J connectivity index is 2.33. The van der Waals surface area contributed by atoms with Crippen molar-refractivity contribution < 1.29 is 9.15 Å². The van der Waals surface area contributed by atoms with Gasteiger partial charge < -0.3 is 9.15 Å². The fourth-order valence-corrected chi connectivity index (χ4v) is 1.11. The summed E-state index contributed by atoms with van der Waals surface area (Å²) in [6, 6.07) is 3.63. The van der Waals surface area contributed by atoms with Crippen molar-refractivity contribution in [2.45, 2.75) is 6.92 Å². The summed E-state index contributed by atoms with van der Waals surface area (Å²) < 4.78 is 10.2. The van der Waals surface area contributed by atoms with Crippen molar-refractivity contribution in [3.63, 3.8) is 0 Å². The summed E-state index contributed by atoms with van der Waals surface area (Å²) in [5.41, 5.74) is 1.70. The van der Waals surface area contributed by atoms with Crippen LogP contribution in [0.15, 0.2) is 29.0 Å². The maximum Gasteiger partial charge on any atom is 0.227 e. The van der Waals surface area contributed by atoms with E-state index >= 15 is 0 Å². The lowest BCUT2D eigenvalue weighted by Crippen LogP contribution is -1.87. The fourth-order valence-electron chi connectivity index (χ4n) is 1.11. The first kappa shape index (κ1) is 8.74. The van der Waals surface area contributed by atoms with E-state index in [1.54, 1.807) is 25.6 Å². The normalized spacial score (nSPS) is 10.1. The molecule has 2 aromatic rings. The predicted molar refractivity (Wildman–Crippen MR) is 51.0 cm³/mol. The molecule has 14 heavy (non-hydrogen) atoms. The minimum atomic E-state index is 0.581. The number of hydrogen-bond donors (Lipinski definition) is 0. The van der Waals surface area contributed by atoms with Crippen LogP contribution in [-0.4, -0.2) is 17.1 Å². The average molecular weight is 190 g/mol. The number of rotatable bonds is 2. The Hall–Kier alpha value is -1.84. The van der Waals surface area contributed by atoms with Crippen LogP contribution in [0.5, 0.6) is 5.88 Å². The molecule has 2 aromatic heterocycles. The van der Waals surface area contributed by atoms with Gasteiger partial charge in [-0.1, -0.05) is 0 Å². The van der Waals surface area contributed by atoms with Crippen LogP contribution in [0.25, 0.3) is 11.5 Å². The summed E-state index contributed by atoms with van der Waals surface area (Å²) in [7, 11) is 1.58. The minimum Gasteiger partial charge on any atom is -0.481 e. The van der Waals surface area contributed by atoms with Crippen LogP contribution in [0.3, 0.4) is 0 Å². The Morgan fingerprint density at radius 1 is 1.36 bits per heavy atom. The van der Waals surface area contributed by atoms with Gasteiger partial charge >= 0.3 is 0 Å². The number of methoxy groups -OCH3 is 1. The lowest BCUT2D eigenvalue weighted by atomic mass is 10.3. The standard InChI is InChI=1S/C10H10N2O2/c1-7-6-14-10(12-7)8-3-4-9(13-2)11-5-8/h3-6H,1-2H3. The maximum atomic E-state index is 5.23. The predicted octanol–water partition coefficient (Wildman–Crippen LogP) is 2.05. The van der Waals surface area contributed by atoms with Gasteiger partial charge in [0.15, 0.2) is 0 Å². The van der Waals surface area contributed by atoms with E-state index in [-0.39, 0.29) is 0 Å². The minimum absolute atomic E-state index is 0.581. The molecule has 0 N–H and O–H groups in total. The fraction of sp³-hybridized carbons (Fsp3) is 0.200. The van der Waals surface area contributed by atoms with Crippen molar-refractivity contribution in [1.82, 2.24) is 9.97 Å². The Morgan fingerprint density at radius 2 is 2.21 bits per heavy atom. The first-order chi connectivity index (χ1) is 6.79. The van der Waals surface area contributed by atoms with E-state index in [1.165, 1.54) is 0 Å². The third-order valence-electron chi connectivity index (χ3n) is 1.81. The molecule has 2 rings (SSSR count). The molecule has 0 aliphatic heterocycles. The smallest absolute Gasteiger partial charge is 0.227 e. The van der Waals surface area contributed by atoms with Crippen molar-refractivity contribution in [3.8, 4) is 17.3 Å². The molecule has 0 aromatic carbocycles. The average Bonchev–Trinajstić information content (AvgIpc) is 2.65. The van der Waals surface area contributed by atoms with E-state index in [0.29, 0.717) is 11.8 Å². The number of ether oxygens (including phenoxy) is 1. The van der Waals surface area contributed by atoms with Crippen LogP contribution in [0, 0.1) is 6.92 Å². The van der Waals surface area contributed by atoms with Crippen molar-refractivity contribution in [3.05, 3.63) is 30.3 Å². The lowest BCUT2D eigenvalue weighted by Gasteiger charge is -1.98. The number of aromatic nitrogens is 2. The second-order valence-electron chi connectivity index (χ2n) is 2.88. The third-order valence-corrected chi connectivity index (χ3v) is 1.81. The maximum absolute atomic E-state index is 5.23. The molecule has 2 heterocycles. The highest BCUT2D eigenvalue weighted by Crippen LogP contribution is 2.18. The summed E-state index contributed by atoms with van der Waals surface area (Å²) in [6.07, 6.45) is 3.28. The number of pyridine rings is 1. The molecule has 4 nitrogen and oxygen atoms in total. The van der Waals surface area contributed by atoms with Crippen LogP contribution in [0.2, 0.25) is 0 Å². The zero-order valence-electron chi connectivity index (χ0n) is 8.02. The van der Waals surface area contributed by atoms with E-state index in [9.17, 15) is 0 Å². The number of oxazole rings is 1. The van der Waals surface area contributed by atoms with Crippen LogP contribution >= 0.6 is 0 Å². The largest absolute Gasteiger partial charge is 0.481 e. The van der Waals surface area contributed by atoms with Gasteiger partial charge in [-0.05, 0) is 13.0 Å². The molecule has 0 amide bonds. The number of nitrogens with zero attached hydrogens (tertiary/aromatic N) is 2. The molecular weight excluding hydrogens is 180 g/mol. The summed E-state index contributed by atoms with van der Waals surface area (Å²) in [6.45, 7) is 1.88. The third kappa shape index (κ3) is 1.59. The van der Waals surface area contributed by atoms with Gasteiger partial charge in [0.1, 0.15) is 6.26 Å². The SMILES string of the molecule is COc1ccc(-c2nc(C)co2)cn1. The molecule has 0 aliphatic rings. The number of hydrogen-bond acceptors (Lipinski definition) is 4. The zero-order chi connectivity index (χ0) is 9.97. The van der Waals surface area contributed by atoms with Gasteiger partial charge in [0.25, 0.3) is 0 Å². The van der Waals surface area contributed by atoms with Gasteiger partial charge in [-0.25, -0.2) is 9.97 Å². The molecule has 0 radical (unpaired) electrons. The van der Waals surface area contributed by atoms with Crippen molar-refractivity contribution in [1.29, 1.82) is 0 Å². The molecule has 4 heteroatoms. The van der Waals surface area contributed by atoms with E-state index in [1.807, 2.05) is 13.0 Å². The molecule has 0 aliphatic carbocycles. The first-order valence-corrected chi connectivity index (χ1v) is 4.22. The molecule has 0 atom stereocenters. The monoisotopic (exact) mass is 190 g/mol. The quantitative estimate of drug-likeness (QED) is 0.727. The zero-order valence-corrected chi connectivity index (χ0v) is 8.02. The molecular formula is C10H10N2O2. The lowest BCUT2D eigenvalue weighted by molar-refractivity contribution is 0.398. The van der Waals surface area contributed by atoms with Crippen LogP contribution in [0.1, 0.15) is 5.69 Å². The Morgan fingerprint density at radius 3 is 2.71 bits per heavy atom. The Bertz CT molecular complexity index is 420. The van der Waals surface area contributed by atoms with Crippen molar-refractivity contribution >= 4 is 0 Å². The van der Waals surface area contributed by atoms with Gasteiger partial charge in [0.05, 0.1) is 18.4 Å². The van der Waals surface area contributed by atoms with E-state index in [2.05, 4.69) is 9.97 Å². The second kappa shape index (κ2) is 3.49. The van der Waals surface area contributed by atoms with Crippen molar-refractivity contribution in [2.24, 2.45) is 0 Å². The Labute approximate surface area is 81.6 Å². The van der Waals surface area contributed by atoms with Gasteiger partial charge in [0, 0.05) is 12.3 Å². The number of aryl methyl sites for hydroxylation is 1. The van der Waals surface area contributed by atoms with Crippen LogP contribution < -0.4 is 4.74 Å². The van der Waals surface area contributed by atoms with E-state index in [0.717, 1.165) is 11.3 Å². The molecule has 0 saturated heterocycles. The molecule has 0 bridgehead atoms. The van der Waals surface area contributed by atoms with E-state index in [4.69, 9.17) is 9.15 Å². The summed E-state index contributed by atoms with van der Waals surface area (Å²) in [5.74, 6) is 1.16. The first-order valence-electron chi connectivity index (χ1n) is 4.22. The van der Waals surface area contributed by atoms with Crippen LogP contribution in [-0.2, 0) is 0 Å². The summed E-state index contributed by atoms with van der Waals surface area (Å²) in [4.78, 5) is 8.25. The van der Waals surface area contributed by atoms with Gasteiger partial charge in [-0.15, -0.1) is 0 Å². The van der Waals surface area contributed by atoms with Gasteiger partial charge in [0.2, 0.25) is 11.8 Å². The second-order valence-corrected chi connectivity index (χ2v) is 2.88. The van der Waals surface area contributed by atoms with E-state index < -0.39 is 0 Å². The topological polar surface area (TPSA) is 48.2 Å².